The van der Waals surface area contributed by atoms with E-state index >= 15 is 0 Å². The zero-order valence-corrected chi connectivity index (χ0v) is 10.7. The molecule has 0 bridgehead atoms. The highest BCUT2D eigenvalue weighted by atomic mass is 35.5. The summed E-state index contributed by atoms with van der Waals surface area (Å²) in [7, 11) is 4.26. The number of quaternary nitrogens is 1. The lowest BCUT2D eigenvalue weighted by molar-refractivity contribution is -0.859. The monoisotopic (exact) mass is 243 g/mol. The Morgan fingerprint density at radius 2 is 1.62 bits per heavy atom. The van der Waals surface area contributed by atoms with Crippen LogP contribution in [0.15, 0.2) is 24.3 Å². The van der Waals surface area contributed by atoms with E-state index in [1.165, 1.54) is 4.90 Å². The average molecular weight is 244 g/mol. The van der Waals surface area contributed by atoms with Gasteiger partial charge in [-0.15, -0.1) is 0 Å². The first-order chi connectivity index (χ1) is 7.09. The summed E-state index contributed by atoms with van der Waals surface area (Å²) in [6.07, 6.45) is 0.893. The van der Waals surface area contributed by atoms with Crippen LogP contribution in [-0.4, -0.2) is 26.4 Å². The molecule has 90 valence electrons. The number of hydrogen-bond donors (Lipinski definition) is 1. The number of hydrogen-bond acceptors (Lipinski definition) is 2. The van der Waals surface area contributed by atoms with Crippen molar-refractivity contribution in [3.05, 3.63) is 24.3 Å². The second-order valence-electron chi connectivity index (χ2n) is 4.49. The highest BCUT2D eigenvalue weighted by Gasteiger charge is 2.36. The molecule has 0 atom stereocenters. The molecule has 16 heavy (non-hydrogen) atoms. The smallest absolute Gasteiger partial charge is 0.254 e. The Morgan fingerprint density at radius 3 is 2.06 bits per heavy atom. The number of fused-ring (bicyclic) bond motifs is 1. The molecule has 0 saturated heterocycles. The lowest BCUT2D eigenvalue weighted by Crippen LogP contribution is -3.06. The first-order valence-electron chi connectivity index (χ1n) is 5.35. The van der Waals surface area contributed by atoms with Crippen molar-refractivity contribution in [2.24, 2.45) is 0 Å². The van der Waals surface area contributed by atoms with Gasteiger partial charge in [0.2, 0.25) is 0 Å². The summed E-state index contributed by atoms with van der Waals surface area (Å²) in [6, 6.07) is 7.82. The van der Waals surface area contributed by atoms with Crippen LogP contribution in [0.2, 0.25) is 0 Å². The molecule has 0 radical (unpaired) electrons. The predicted molar refractivity (Wildman–Crippen MR) is 58.4 cm³/mol. The fraction of sp³-hybridized carbons (Fsp3) is 0.500. The maximum atomic E-state index is 5.81. The Balaban J connectivity index is 0.00000128. The zero-order valence-electron chi connectivity index (χ0n) is 9.92. The number of benzene rings is 1. The minimum Gasteiger partial charge on any atom is -1.00 e. The van der Waals surface area contributed by atoms with Crippen LogP contribution in [0.1, 0.15) is 13.3 Å². The summed E-state index contributed by atoms with van der Waals surface area (Å²) >= 11 is 0. The SMILES string of the molecule is C[NH+](C)CCC1(C)Oc2ccccc2O1.[Cl-]. The van der Waals surface area contributed by atoms with E-state index in [1.807, 2.05) is 31.2 Å². The normalized spacial score (nSPS) is 16.0. The van der Waals surface area contributed by atoms with Gasteiger partial charge in [0.15, 0.2) is 11.5 Å². The van der Waals surface area contributed by atoms with E-state index < -0.39 is 5.79 Å². The van der Waals surface area contributed by atoms with Gasteiger partial charge in [0.25, 0.3) is 5.79 Å². The van der Waals surface area contributed by atoms with Gasteiger partial charge in [0, 0.05) is 6.92 Å². The molecule has 1 aromatic rings. The summed E-state index contributed by atoms with van der Waals surface area (Å²) in [4.78, 5) is 1.40. The Kier molecular flexibility index (Phi) is 4.05. The fourth-order valence-corrected chi connectivity index (χ4v) is 1.68. The molecule has 2 rings (SSSR count). The van der Waals surface area contributed by atoms with Crippen LogP contribution in [0, 0.1) is 0 Å². The molecule has 1 aliphatic rings. The Labute approximate surface area is 103 Å². The maximum absolute atomic E-state index is 5.81. The molecule has 0 spiro atoms. The Morgan fingerprint density at radius 1 is 1.12 bits per heavy atom. The lowest BCUT2D eigenvalue weighted by Gasteiger charge is -2.23. The van der Waals surface area contributed by atoms with Crippen LogP contribution >= 0.6 is 0 Å². The van der Waals surface area contributed by atoms with Gasteiger partial charge in [0.1, 0.15) is 0 Å². The minimum absolute atomic E-state index is 0. The van der Waals surface area contributed by atoms with E-state index in [2.05, 4.69) is 14.1 Å². The standard InChI is InChI=1S/C12H17NO2.ClH/c1-12(8-9-13(2)3)14-10-6-4-5-7-11(10)15-12;/h4-7H,8-9H2,1-3H3;1H. The van der Waals surface area contributed by atoms with Gasteiger partial charge >= 0.3 is 0 Å². The number of para-hydroxylation sites is 2. The fourth-order valence-electron chi connectivity index (χ4n) is 1.68. The van der Waals surface area contributed by atoms with Crippen molar-refractivity contribution in [3.63, 3.8) is 0 Å². The van der Waals surface area contributed by atoms with Crippen molar-refractivity contribution < 1.29 is 26.8 Å². The van der Waals surface area contributed by atoms with Crippen molar-refractivity contribution in [2.75, 3.05) is 20.6 Å². The van der Waals surface area contributed by atoms with Crippen LogP contribution in [0.4, 0.5) is 0 Å². The van der Waals surface area contributed by atoms with Gasteiger partial charge in [-0.1, -0.05) is 12.1 Å². The van der Waals surface area contributed by atoms with E-state index in [-0.39, 0.29) is 12.4 Å². The molecule has 0 aliphatic carbocycles. The van der Waals surface area contributed by atoms with Crippen molar-refractivity contribution in [2.45, 2.75) is 19.1 Å². The second kappa shape index (κ2) is 4.93. The third-order valence-electron chi connectivity index (χ3n) is 2.58. The van der Waals surface area contributed by atoms with Crippen LogP contribution in [0.25, 0.3) is 0 Å². The lowest BCUT2D eigenvalue weighted by atomic mass is 10.2. The van der Waals surface area contributed by atoms with Gasteiger partial charge in [-0.3, -0.25) is 0 Å². The molecule has 0 aromatic heterocycles. The molecule has 1 aliphatic heterocycles. The highest BCUT2D eigenvalue weighted by molar-refractivity contribution is 5.42. The summed E-state index contributed by atoms with van der Waals surface area (Å²) in [6.45, 7) is 3.03. The van der Waals surface area contributed by atoms with Crippen molar-refractivity contribution >= 4 is 0 Å². The summed E-state index contributed by atoms with van der Waals surface area (Å²) in [5.74, 6) is 1.23. The second-order valence-corrected chi connectivity index (χ2v) is 4.49. The molecule has 1 aromatic carbocycles. The van der Waals surface area contributed by atoms with Crippen molar-refractivity contribution in [1.29, 1.82) is 0 Å². The topological polar surface area (TPSA) is 22.9 Å². The molecule has 3 nitrogen and oxygen atoms in total. The molecule has 0 saturated carbocycles. The summed E-state index contributed by atoms with van der Waals surface area (Å²) in [5.41, 5.74) is 0. The highest BCUT2D eigenvalue weighted by Crippen LogP contribution is 2.39. The first-order valence-corrected chi connectivity index (χ1v) is 5.35. The van der Waals surface area contributed by atoms with E-state index in [0.717, 1.165) is 24.5 Å². The van der Waals surface area contributed by atoms with Crippen LogP contribution < -0.4 is 26.8 Å². The van der Waals surface area contributed by atoms with E-state index in [4.69, 9.17) is 9.47 Å². The van der Waals surface area contributed by atoms with Crippen LogP contribution in [0.5, 0.6) is 11.5 Å². The number of rotatable bonds is 3. The number of halogens is 1. The molecule has 1 N–H and O–H groups in total. The summed E-state index contributed by atoms with van der Waals surface area (Å²) < 4.78 is 11.6. The van der Waals surface area contributed by atoms with Gasteiger partial charge < -0.3 is 26.8 Å². The molecule has 4 heteroatoms. The quantitative estimate of drug-likeness (QED) is 0.646. The largest absolute Gasteiger partial charge is 1.00 e. The van der Waals surface area contributed by atoms with Crippen LogP contribution in [0.3, 0.4) is 0 Å². The average Bonchev–Trinajstić information content (AvgIpc) is 2.52. The van der Waals surface area contributed by atoms with Gasteiger partial charge in [0.05, 0.1) is 27.1 Å². The number of ether oxygens (including phenoxy) is 2. The molecule has 1 heterocycles. The van der Waals surface area contributed by atoms with E-state index in [9.17, 15) is 0 Å². The third kappa shape index (κ3) is 2.80. The van der Waals surface area contributed by atoms with Crippen molar-refractivity contribution in [1.82, 2.24) is 0 Å². The Hall–Kier alpha value is -0.930. The van der Waals surface area contributed by atoms with E-state index in [1.54, 1.807) is 0 Å². The Bertz CT molecular complexity index is 330. The van der Waals surface area contributed by atoms with Crippen molar-refractivity contribution in [3.8, 4) is 11.5 Å². The van der Waals surface area contributed by atoms with Gasteiger partial charge in [-0.05, 0) is 12.1 Å². The molecule has 0 unspecified atom stereocenters. The van der Waals surface area contributed by atoms with Gasteiger partial charge in [-0.25, -0.2) is 0 Å². The predicted octanol–water partition coefficient (Wildman–Crippen LogP) is -2.29. The first kappa shape index (κ1) is 13.1. The molecular weight excluding hydrogens is 226 g/mol. The van der Waals surface area contributed by atoms with Crippen LogP contribution in [-0.2, 0) is 0 Å². The third-order valence-corrected chi connectivity index (χ3v) is 2.58. The molecule has 0 fully saturated rings. The summed E-state index contributed by atoms with van der Waals surface area (Å²) in [5, 5.41) is 0. The van der Waals surface area contributed by atoms with Gasteiger partial charge in [-0.2, -0.15) is 0 Å². The molecular formula is C12H18ClNO2. The zero-order chi connectivity index (χ0) is 10.9. The molecule has 0 amide bonds. The van der Waals surface area contributed by atoms with E-state index in [0.29, 0.717) is 0 Å². The maximum Gasteiger partial charge on any atom is 0.254 e. The number of nitrogens with one attached hydrogen (secondary N) is 1. The minimum atomic E-state index is -0.485.